The Morgan fingerprint density at radius 3 is 3.18 bits per heavy atom. The Bertz CT molecular complexity index is 419. The summed E-state index contributed by atoms with van der Waals surface area (Å²) in [6.07, 6.45) is 3.72. The SMILES string of the molecule is O=[N+]([O-])/C=C1\NCCCN1Cc1ccccn1. The van der Waals surface area contributed by atoms with Crippen molar-refractivity contribution in [2.75, 3.05) is 13.1 Å². The second-order valence-electron chi connectivity index (χ2n) is 3.82. The van der Waals surface area contributed by atoms with Crippen LogP contribution in [0.3, 0.4) is 0 Å². The third-order valence-electron chi connectivity index (χ3n) is 2.56. The summed E-state index contributed by atoms with van der Waals surface area (Å²) in [6.45, 7) is 2.18. The van der Waals surface area contributed by atoms with Gasteiger partial charge >= 0.3 is 0 Å². The van der Waals surface area contributed by atoms with Crippen LogP contribution in [-0.2, 0) is 6.54 Å². The molecule has 0 saturated carbocycles. The lowest BCUT2D eigenvalue weighted by Crippen LogP contribution is -2.39. The van der Waals surface area contributed by atoms with E-state index in [1.807, 2.05) is 23.1 Å². The number of hydrogen-bond acceptors (Lipinski definition) is 5. The topological polar surface area (TPSA) is 71.3 Å². The molecule has 0 aromatic carbocycles. The van der Waals surface area contributed by atoms with E-state index in [4.69, 9.17) is 0 Å². The number of aromatic nitrogens is 1. The number of nitrogens with zero attached hydrogens (tertiary/aromatic N) is 3. The molecule has 0 amide bonds. The van der Waals surface area contributed by atoms with Crippen LogP contribution in [0.25, 0.3) is 0 Å². The van der Waals surface area contributed by atoms with Gasteiger partial charge in [-0.05, 0) is 18.6 Å². The monoisotopic (exact) mass is 234 g/mol. The minimum absolute atomic E-state index is 0.431. The molecule has 0 atom stereocenters. The highest BCUT2D eigenvalue weighted by atomic mass is 16.6. The zero-order chi connectivity index (χ0) is 12.1. The van der Waals surface area contributed by atoms with Gasteiger partial charge in [-0.25, -0.2) is 0 Å². The first-order chi connectivity index (χ1) is 8.25. The number of rotatable bonds is 3. The van der Waals surface area contributed by atoms with Crippen LogP contribution in [0.2, 0.25) is 0 Å². The molecule has 1 aliphatic heterocycles. The van der Waals surface area contributed by atoms with Crippen LogP contribution in [0, 0.1) is 10.1 Å². The second kappa shape index (κ2) is 5.29. The molecule has 1 saturated heterocycles. The van der Waals surface area contributed by atoms with Gasteiger partial charge in [0.05, 0.1) is 17.2 Å². The number of pyridine rings is 1. The van der Waals surface area contributed by atoms with Crippen LogP contribution in [0.5, 0.6) is 0 Å². The van der Waals surface area contributed by atoms with Crippen LogP contribution >= 0.6 is 0 Å². The first-order valence-corrected chi connectivity index (χ1v) is 5.50. The van der Waals surface area contributed by atoms with E-state index in [-0.39, 0.29) is 0 Å². The summed E-state index contributed by atoms with van der Waals surface area (Å²) in [4.78, 5) is 16.2. The maximum atomic E-state index is 10.5. The normalized spacial score (nSPS) is 17.9. The average molecular weight is 234 g/mol. The van der Waals surface area contributed by atoms with Gasteiger partial charge in [0.1, 0.15) is 0 Å². The highest BCUT2D eigenvalue weighted by molar-refractivity contribution is 5.07. The van der Waals surface area contributed by atoms with Crippen molar-refractivity contribution < 1.29 is 4.92 Å². The van der Waals surface area contributed by atoms with E-state index in [1.54, 1.807) is 6.20 Å². The fraction of sp³-hybridized carbons (Fsp3) is 0.364. The molecule has 0 spiro atoms. The molecule has 1 N–H and O–H groups in total. The van der Waals surface area contributed by atoms with E-state index in [1.165, 1.54) is 0 Å². The smallest absolute Gasteiger partial charge is 0.274 e. The largest absolute Gasteiger partial charge is 0.367 e. The lowest BCUT2D eigenvalue weighted by atomic mass is 10.2. The molecule has 90 valence electrons. The van der Waals surface area contributed by atoms with Crippen LogP contribution in [-0.4, -0.2) is 27.9 Å². The van der Waals surface area contributed by atoms with E-state index >= 15 is 0 Å². The van der Waals surface area contributed by atoms with Gasteiger partial charge in [0.2, 0.25) is 0 Å². The number of nitrogens with one attached hydrogen (secondary N) is 1. The summed E-state index contributed by atoms with van der Waals surface area (Å²) in [5.74, 6) is 0.562. The molecule has 2 rings (SSSR count). The Balaban J connectivity index is 2.09. The Morgan fingerprint density at radius 2 is 2.47 bits per heavy atom. The number of nitro groups is 1. The molecule has 2 heterocycles. The molecule has 6 nitrogen and oxygen atoms in total. The van der Waals surface area contributed by atoms with Gasteiger partial charge in [0.25, 0.3) is 6.20 Å². The summed E-state index contributed by atoms with van der Waals surface area (Å²) in [5.41, 5.74) is 0.908. The third-order valence-corrected chi connectivity index (χ3v) is 2.56. The zero-order valence-corrected chi connectivity index (χ0v) is 9.37. The van der Waals surface area contributed by atoms with Crippen molar-refractivity contribution in [3.63, 3.8) is 0 Å². The molecule has 0 unspecified atom stereocenters. The molecule has 6 heteroatoms. The Morgan fingerprint density at radius 1 is 1.59 bits per heavy atom. The lowest BCUT2D eigenvalue weighted by Gasteiger charge is -2.30. The van der Waals surface area contributed by atoms with Crippen molar-refractivity contribution in [1.29, 1.82) is 0 Å². The standard InChI is InChI=1S/C11H14N4O2/c16-15(17)9-11-13-6-3-7-14(11)8-10-4-1-2-5-12-10/h1-2,4-5,9,13H,3,6-8H2/b11-9+. The Hall–Kier alpha value is -2.11. The molecule has 1 aliphatic rings. The van der Waals surface area contributed by atoms with Crippen LogP contribution in [0.15, 0.2) is 36.4 Å². The molecule has 17 heavy (non-hydrogen) atoms. The van der Waals surface area contributed by atoms with Crippen molar-refractivity contribution in [2.24, 2.45) is 0 Å². The molecule has 1 fully saturated rings. The van der Waals surface area contributed by atoms with Crippen molar-refractivity contribution in [2.45, 2.75) is 13.0 Å². The van der Waals surface area contributed by atoms with Gasteiger partial charge < -0.3 is 10.2 Å². The molecule has 1 aromatic heterocycles. The molecule has 0 aliphatic carbocycles. The zero-order valence-electron chi connectivity index (χ0n) is 9.37. The Kier molecular flexibility index (Phi) is 3.54. The van der Waals surface area contributed by atoms with Gasteiger partial charge in [0.15, 0.2) is 5.82 Å². The van der Waals surface area contributed by atoms with E-state index in [2.05, 4.69) is 10.3 Å². The molecule has 0 bridgehead atoms. The van der Waals surface area contributed by atoms with Crippen LogP contribution < -0.4 is 5.32 Å². The van der Waals surface area contributed by atoms with Crippen LogP contribution in [0.1, 0.15) is 12.1 Å². The van der Waals surface area contributed by atoms with Gasteiger partial charge in [-0.2, -0.15) is 0 Å². The average Bonchev–Trinajstić information content (AvgIpc) is 2.32. The minimum Gasteiger partial charge on any atom is -0.367 e. The summed E-state index contributed by atoms with van der Waals surface area (Å²) in [5, 5.41) is 13.6. The quantitative estimate of drug-likeness (QED) is 0.623. The van der Waals surface area contributed by atoms with Gasteiger partial charge in [-0.1, -0.05) is 6.07 Å². The summed E-state index contributed by atoms with van der Waals surface area (Å²) in [6, 6.07) is 5.68. The fourth-order valence-corrected chi connectivity index (χ4v) is 1.80. The fourth-order valence-electron chi connectivity index (χ4n) is 1.80. The first-order valence-electron chi connectivity index (χ1n) is 5.50. The summed E-state index contributed by atoms with van der Waals surface area (Å²) < 4.78 is 0. The molecular formula is C11H14N4O2. The lowest BCUT2D eigenvalue weighted by molar-refractivity contribution is -0.405. The summed E-state index contributed by atoms with van der Waals surface area (Å²) in [7, 11) is 0. The van der Waals surface area contributed by atoms with Gasteiger partial charge in [0, 0.05) is 19.3 Å². The van der Waals surface area contributed by atoms with Crippen molar-refractivity contribution in [1.82, 2.24) is 15.2 Å². The van der Waals surface area contributed by atoms with E-state index in [0.717, 1.165) is 31.4 Å². The minimum atomic E-state index is -0.431. The van der Waals surface area contributed by atoms with E-state index < -0.39 is 4.92 Å². The van der Waals surface area contributed by atoms with E-state index in [9.17, 15) is 10.1 Å². The highest BCUT2D eigenvalue weighted by Crippen LogP contribution is 2.11. The maximum absolute atomic E-state index is 10.5. The number of hydrogen-bond donors (Lipinski definition) is 1. The molecule has 1 aromatic rings. The maximum Gasteiger partial charge on any atom is 0.274 e. The van der Waals surface area contributed by atoms with Crippen molar-refractivity contribution >= 4 is 0 Å². The van der Waals surface area contributed by atoms with Gasteiger partial charge in [-0.15, -0.1) is 0 Å². The Labute approximate surface area is 99.1 Å². The van der Waals surface area contributed by atoms with Crippen molar-refractivity contribution in [3.05, 3.63) is 52.2 Å². The third kappa shape index (κ3) is 3.17. The molecular weight excluding hydrogens is 220 g/mol. The predicted octanol–water partition coefficient (Wildman–Crippen LogP) is 0.952. The van der Waals surface area contributed by atoms with Crippen LogP contribution in [0.4, 0.5) is 0 Å². The van der Waals surface area contributed by atoms with Crippen molar-refractivity contribution in [3.8, 4) is 0 Å². The first kappa shape index (κ1) is 11.4. The van der Waals surface area contributed by atoms with Gasteiger partial charge in [-0.3, -0.25) is 15.1 Å². The highest BCUT2D eigenvalue weighted by Gasteiger charge is 2.17. The second-order valence-corrected chi connectivity index (χ2v) is 3.82. The molecule has 0 radical (unpaired) electrons. The summed E-state index contributed by atoms with van der Waals surface area (Å²) >= 11 is 0. The predicted molar refractivity (Wildman–Crippen MR) is 62.3 cm³/mol. The van der Waals surface area contributed by atoms with E-state index in [0.29, 0.717) is 12.4 Å².